The average Bonchev–Trinajstić information content (AvgIpc) is 3.53. The summed E-state index contributed by atoms with van der Waals surface area (Å²) < 4.78 is 5.31. The van der Waals surface area contributed by atoms with Crippen molar-refractivity contribution in [2.24, 2.45) is 11.8 Å². The number of halogens is 1. The van der Waals surface area contributed by atoms with Crippen LogP contribution in [0, 0.1) is 23.2 Å². The van der Waals surface area contributed by atoms with Gasteiger partial charge in [-0.25, -0.2) is 0 Å². The van der Waals surface area contributed by atoms with E-state index in [4.69, 9.17) is 21.6 Å². The number of esters is 1. The zero-order valence-electron chi connectivity index (χ0n) is 15.6. The number of nitrogens with one attached hydrogen (secondary N) is 1. The van der Waals surface area contributed by atoms with E-state index in [1.165, 1.54) is 19.1 Å². The lowest BCUT2D eigenvalue weighted by molar-refractivity contribution is -0.159. The lowest BCUT2D eigenvalue weighted by Gasteiger charge is -2.31. The highest BCUT2D eigenvalue weighted by Gasteiger charge is 2.36. The first-order valence-corrected chi connectivity index (χ1v) is 9.76. The van der Waals surface area contributed by atoms with E-state index in [0.29, 0.717) is 37.2 Å². The third kappa shape index (κ3) is 4.82. The van der Waals surface area contributed by atoms with Crippen LogP contribution >= 0.6 is 11.6 Å². The molecule has 0 bridgehead atoms. The topological polar surface area (TPSA) is 99.5 Å². The van der Waals surface area contributed by atoms with E-state index in [0.717, 1.165) is 12.8 Å². The number of rotatable bonds is 5. The molecule has 1 aliphatic carbocycles. The van der Waals surface area contributed by atoms with Crippen molar-refractivity contribution in [1.29, 1.82) is 5.26 Å². The molecule has 7 nitrogen and oxygen atoms in total. The predicted molar refractivity (Wildman–Crippen MR) is 102 cm³/mol. The molecule has 1 N–H and O–H groups in total. The van der Waals surface area contributed by atoms with Gasteiger partial charge in [-0.3, -0.25) is 14.4 Å². The van der Waals surface area contributed by atoms with E-state index >= 15 is 0 Å². The van der Waals surface area contributed by atoms with Crippen molar-refractivity contribution < 1.29 is 19.1 Å². The minimum atomic E-state index is -0.965. The molecule has 28 heavy (non-hydrogen) atoms. The number of carbonyl (C=O) groups excluding carboxylic acids is 3. The van der Waals surface area contributed by atoms with Gasteiger partial charge in [-0.05, 0) is 50.8 Å². The maximum Gasteiger partial charge on any atom is 0.309 e. The largest absolute Gasteiger partial charge is 0.452 e. The molecule has 1 saturated carbocycles. The van der Waals surface area contributed by atoms with Crippen molar-refractivity contribution in [2.75, 3.05) is 18.4 Å². The standard InChI is InChI=1S/C20H22ClN3O4/c1-12(18(25)23-16-5-4-15(11-22)17(21)10-16)28-20(27)14-6-8-24(9-7-14)19(26)13-2-3-13/h4-5,10,12-14H,2-3,6-9H2,1H3,(H,23,25). The maximum atomic E-state index is 12.4. The number of likely N-dealkylation sites (tertiary alicyclic amines) is 1. The first-order valence-electron chi connectivity index (χ1n) is 9.39. The molecule has 2 aliphatic rings. The summed E-state index contributed by atoms with van der Waals surface area (Å²) in [5, 5.41) is 11.7. The van der Waals surface area contributed by atoms with Gasteiger partial charge >= 0.3 is 5.97 Å². The Hall–Kier alpha value is -2.59. The number of ether oxygens (including phenoxy) is 1. The molecule has 148 valence electrons. The van der Waals surface area contributed by atoms with Crippen molar-refractivity contribution >= 4 is 35.1 Å². The van der Waals surface area contributed by atoms with Crippen LogP contribution < -0.4 is 5.32 Å². The van der Waals surface area contributed by atoms with Gasteiger partial charge in [-0.15, -0.1) is 0 Å². The molecule has 2 amide bonds. The Labute approximate surface area is 168 Å². The van der Waals surface area contributed by atoms with Gasteiger partial charge in [-0.1, -0.05) is 11.6 Å². The Morgan fingerprint density at radius 2 is 1.89 bits per heavy atom. The van der Waals surface area contributed by atoms with E-state index in [1.54, 1.807) is 6.07 Å². The molecule has 1 heterocycles. The van der Waals surface area contributed by atoms with Gasteiger partial charge in [0.25, 0.3) is 5.91 Å². The zero-order valence-corrected chi connectivity index (χ0v) is 16.4. The first kappa shape index (κ1) is 20.2. The SMILES string of the molecule is CC(OC(=O)C1CCN(C(=O)C2CC2)CC1)C(=O)Nc1ccc(C#N)c(Cl)c1. The number of nitrogens with zero attached hydrogens (tertiary/aromatic N) is 2. The Kier molecular flexibility index (Phi) is 6.20. The van der Waals surface area contributed by atoms with Crippen LogP contribution in [0.3, 0.4) is 0 Å². The van der Waals surface area contributed by atoms with Crippen LogP contribution in [0.2, 0.25) is 5.02 Å². The number of hydrogen-bond acceptors (Lipinski definition) is 5. The van der Waals surface area contributed by atoms with Gasteiger partial charge in [-0.2, -0.15) is 5.26 Å². The monoisotopic (exact) mass is 403 g/mol. The van der Waals surface area contributed by atoms with Crippen molar-refractivity contribution in [2.45, 2.75) is 38.7 Å². The average molecular weight is 404 g/mol. The van der Waals surface area contributed by atoms with Gasteiger partial charge in [0.15, 0.2) is 6.10 Å². The third-order valence-corrected chi connectivity index (χ3v) is 5.40. The molecule has 0 aromatic heterocycles. The Morgan fingerprint density at radius 1 is 1.21 bits per heavy atom. The molecule has 3 rings (SSSR count). The summed E-state index contributed by atoms with van der Waals surface area (Å²) in [6.45, 7) is 2.61. The molecule has 1 saturated heterocycles. The van der Waals surface area contributed by atoms with Crippen molar-refractivity contribution in [3.05, 3.63) is 28.8 Å². The fourth-order valence-corrected chi connectivity index (χ4v) is 3.40. The second kappa shape index (κ2) is 8.61. The van der Waals surface area contributed by atoms with Gasteiger partial charge in [0, 0.05) is 24.7 Å². The fraction of sp³-hybridized carbons (Fsp3) is 0.500. The number of benzene rings is 1. The van der Waals surface area contributed by atoms with Crippen LogP contribution in [0.15, 0.2) is 18.2 Å². The summed E-state index contributed by atoms with van der Waals surface area (Å²) in [5.41, 5.74) is 0.731. The third-order valence-electron chi connectivity index (χ3n) is 5.09. The molecule has 0 spiro atoms. The fourth-order valence-electron chi connectivity index (χ4n) is 3.18. The number of piperidine rings is 1. The molecular weight excluding hydrogens is 382 g/mol. The van der Waals surface area contributed by atoms with Crippen molar-refractivity contribution in [1.82, 2.24) is 4.90 Å². The second-order valence-electron chi connectivity index (χ2n) is 7.25. The highest BCUT2D eigenvalue weighted by Crippen LogP contribution is 2.32. The highest BCUT2D eigenvalue weighted by molar-refractivity contribution is 6.32. The zero-order chi connectivity index (χ0) is 20.3. The summed E-state index contributed by atoms with van der Waals surface area (Å²) in [6, 6.07) is 6.48. The van der Waals surface area contributed by atoms with Crippen LogP contribution in [-0.4, -0.2) is 41.9 Å². The van der Waals surface area contributed by atoms with Crippen LogP contribution in [-0.2, 0) is 19.1 Å². The Bertz CT molecular complexity index is 823. The van der Waals surface area contributed by atoms with Crippen LogP contribution in [0.25, 0.3) is 0 Å². The molecule has 0 radical (unpaired) electrons. The second-order valence-corrected chi connectivity index (χ2v) is 7.66. The van der Waals surface area contributed by atoms with E-state index in [1.807, 2.05) is 11.0 Å². The molecule has 1 aliphatic heterocycles. The number of nitriles is 1. The molecule has 1 aromatic carbocycles. The number of anilines is 1. The molecule has 1 atom stereocenters. The van der Waals surface area contributed by atoms with Gasteiger partial charge < -0.3 is 15.0 Å². The van der Waals surface area contributed by atoms with Crippen molar-refractivity contribution in [3.63, 3.8) is 0 Å². The summed E-state index contributed by atoms with van der Waals surface area (Å²) >= 11 is 5.95. The highest BCUT2D eigenvalue weighted by atomic mass is 35.5. The van der Waals surface area contributed by atoms with Crippen LogP contribution in [0.5, 0.6) is 0 Å². The smallest absolute Gasteiger partial charge is 0.309 e. The molecule has 1 unspecified atom stereocenters. The van der Waals surface area contributed by atoms with E-state index < -0.39 is 18.0 Å². The predicted octanol–water partition coefficient (Wildman–Crippen LogP) is 2.73. The van der Waals surface area contributed by atoms with E-state index in [2.05, 4.69) is 5.32 Å². The lowest BCUT2D eigenvalue weighted by Crippen LogP contribution is -2.42. The Balaban J connectivity index is 1.47. The summed E-state index contributed by atoms with van der Waals surface area (Å²) in [5.74, 6) is -0.819. The summed E-state index contributed by atoms with van der Waals surface area (Å²) in [4.78, 5) is 38.5. The Morgan fingerprint density at radius 3 is 2.46 bits per heavy atom. The minimum Gasteiger partial charge on any atom is -0.452 e. The minimum absolute atomic E-state index is 0.183. The molecular formula is C20H22ClN3O4. The van der Waals surface area contributed by atoms with Crippen LogP contribution in [0.4, 0.5) is 5.69 Å². The number of amides is 2. The quantitative estimate of drug-likeness (QED) is 0.762. The number of hydrogen-bond donors (Lipinski definition) is 1. The normalized spacial score (nSPS) is 18.1. The maximum absolute atomic E-state index is 12.4. The molecule has 2 fully saturated rings. The van der Waals surface area contributed by atoms with Crippen molar-refractivity contribution in [3.8, 4) is 6.07 Å². The van der Waals surface area contributed by atoms with E-state index in [-0.39, 0.29) is 22.8 Å². The van der Waals surface area contributed by atoms with E-state index in [9.17, 15) is 14.4 Å². The number of carbonyl (C=O) groups is 3. The van der Waals surface area contributed by atoms with Crippen LogP contribution in [0.1, 0.15) is 38.2 Å². The first-order chi connectivity index (χ1) is 13.4. The summed E-state index contributed by atoms with van der Waals surface area (Å²) in [6.07, 6.45) is 2.08. The van der Waals surface area contributed by atoms with Gasteiger partial charge in [0.1, 0.15) is 6.07 Å². The molecule has 1 aromatic rings. The summed E-state index contributed by atoms with van der Waals surface area (Å²) in [7, 11) is 0. The van der Waals surface area contributed by atoms with Gasteiger partial charge in [0.2, 0.25) is 5.91 Å². The van der Waals surface area contributed by atoms with Gasteiger partial charge in [0.05, 0.1) is 16.5 Å². The lowest BCUT2D eigenvalue weighted by atomic mass is 9.96. The molecule has 8 heteroatoms.